The van der Waals surface area contributed by atoms with Gasteiger partial charge in [0.05, 0.1) is 16.1 Å². The molecule has 1 heterocycles. The van der Waals surface area contributed by atoms with Gasteiger partial charge >= 0.3 is 12.2 Å². The van der Waals surface area contributed by atoms with Gasteiger partial charge in [0.25, 0.3) is 0 Å². The Hall–Kier alpha value is -3.21. The largest absolute Gasteiger partial charge is 0.396 e. The van der Waals surface area contributed by atoms with Crippen molar-refractivity contribution in [3.8, 4) is 0 Å². The van der Waals surface area contributed by atoms with E-state index < -0.39 is 36.3 Å². The standard InChI is InChI=1S/C19H16F4N4O2S/c1-24-16(28)9-13(19(21,22)23)10-2-7-14-15(8-10)30-18(26-14)27-17(29)25-12-5-3-11(20)4-6-12/h2-8,13H,9H2,1H3,(H,24,28)(H2,25,26,27,29). The molecule has 1 atom stereocenters. The van der Waals surface area contributed by atoms with Gasteiger partial charge in [-0.2, -0.15) is 13.2 Å². The van der Waals surface area contributed by atoms with Gasteiger partial charge in [-0.05, 0) is 42.0 Å². The van der Waals surface area contributed by atoms with E-state index in [1.54, 1.807) is 0 Å². The van der Waals surface area contributed by atoms with Crippen LogP contribution in [0.5, 0.6) is 0 Å². The maximum absolute atomic E-state index is 13.4. The first kappa shape index (κ1) is 21.5. The molecular formula is C19H16F4N4O2S. The number of benzene rings is 2. The van der Waals surface area contributed by atoms with Crippen LogP contribution in [0.1, 0.15) is 17.9 Å². The highest BCUT2D eigenvalue weighted by Gasteiger charge is 2.42. The minimum Gasteiger partial charge on any atom is -0.359 e. The van der Waals surface area contributed by atoms with Gasteiger partial charge in [-0.25, -0.2) is 14.2 Å². The number of rotatable bonds is 5. The molecule has 3 rings (SSSR count). The molecule has 3 amide bonds. The van der Waals surface area contributed by atoms with Crippen LogP contribution >= 0.6 is 11.3 Å². The van der Waals surface area contributed by atoms with E-state index in [4.69, 9.17) is 0 Å². The van der Waals surface area contributed by atoms with Gasteiger partial charge in [-0.1, -0.05) is 17.4 Å². The molecule has 0 fully saturated rings. The smallest absolute Gasteiger partial charge is 0.359 e. The first-order valence-corrected chi connectivity index (χ1v) is 9.48. The minimum atomic E-state index is -4.60. The number of fused-ring (bicyclic) bond motifs is 1. The number of urea groups is 1. The summed E-state index contributed by atoms with van der Waals surface area (Å²) in [6.45, 7) is 0. The van der Waals surface area contributed by atoms with Crippen LogP contribution in [-0.4, -0.2) is 30.1 Å². The number of anilines is 2. The average molecular weight is 440 g/mol. The van der Waals surface area contributed by atoms with Crippen molar-refractivity contribution in [1.82, 2.24) is 10.3 Å². The van der Waals surface area contributed by atoms with Crippen LogP contribution < -0.4 is 16.0 Å². The molecule has 0 radical (unpaired) electrons. The molecule has 1 unspecified atom stereocenters. The maximum Gasteiger partial charge on any atom is 0.396 e. The molecule has 0 saturated carbocycles. The fourth-order valence-corrected chi connectivity index (χ4v) is 3.62. The van der Waals surface area contributed by atoms with Crippen LogP contribution in [0.15, 0.2) is 42.5 Å². The van der Waals surface area contributed by atoms with E-state index in [1.165, 1.54) is 49.5 Å². The summed E-state index contributed by atoms with van der Waals surface area (Å²) < 4.78 is 53.6. The van der Waals surface area contributed by atoms with Crippen LogP contribution in [0.25, 0.3) is 10.2 Å². The molecule has 0 bridgehead atoms. The Morgan fingerprint density at radius 3 is 2.43 bits per heavy atom. The summed E-state index contributed by atoms with van der Waals surface area (Å²) >= 11 is 0.994. The van der Waals surface area contributed by atoms with Gasteiger partial charge in [0.1, 0.15) is 5.82 Å². The number of nitrogens with one attached hydrogen (secondary N) is 3. The number of hydrogen-bond donors (Lipinski definition) is 3. The molecule has 30 heavy (non-hydrogen) atoms. The zero-order valence-corrected chi connectivity index (χ0v) is 16.3. The molecule has 3 aromatic rings. The normalized spacial score (nSPS) is 12.4. The SMILES string of the molecule is CNC(=O)CC(c1ccc2nc(NC(=O)Nc3ccc(F)cc3)sc2c1)C(F)(F)F. The second-order valence-electron chi connectivity index (χ2n) is 6.30. The minimum absolute atomic E-state index is 0.0652. The maximum atomic E-state index is 13.4. The molecule has 0 spiro atoms. The Kier molecular flexibility index (Phi) is 6.20. The molecular weight excluding hydrogens is 424 g/mol. The monoisotopic (exact) mass is 440 g/mol. The number of carbonyl (C=O) groups is 2. The lowest BCUT2D eigenvalue weighted by Crippen LogP contribution is -2.28. The molecule has 0 aliphatic rings. The van der Waals surface area contributed by atoms with Gasteiger partial charge in [0, 0.05) is 19.2 Å². The third-order valence-electron chi connectivity index (χ3n) is 4.20. The van der Waals surface area contributed by atoms with E-state index in [2.05, 4.69) is 20.9 Å². The summed E-state index contributed by atoms with van der Waals surface area (Å²) in [4.78, 5) is 27.7. The van der Waals surface area contributed by atoms with Crippen molar-refractivity contribution in [2.75, 3.05) is 17.7 Å². The third-order valence-corrected chi connectivity index (χ3v) is 5.13. The molecule has 158 valence electrons. The van der Waals surface area contributed by atoms with E-state index in [9.17, 15) is 27.2 Å². The Morgan fingerprint density at radius 1 is 1.10 bits per heavy atom. The van der Waals surface area contributed by atoms with Crippen LogP contribution in [-0.2, 0) is 4.79 Å². The summed E-state index contributed by atoms with van der Waals surface area (Å²) in [6, 6.07) is 8.49. The zero-order chi connectivity index (χ0) is 21.9. The van der Waals surface area contributed by atoms with E-state index >= 15 is 0 Å². The van der Waals surface area contributed by atoms with Crippen LogP contribution in [0.4, 0.5) is 33.2 Å². The molecule has 0 aliphatic carbocycles. The molecule has 11 heteroatoms. The van der Waals surface area contributed by atoms with Crippen molar-refractivity contribution < 1.29 is 27.2 Å². The molecule has 0 saturated heterocycles. The third kappa shape index (κ3) is 5.23. The summed E-state index contributed by atoms with van der Waals surface area (Å²) in [5.41, 5.74) is 0.700. The number of amides is 3. The Balaban J connectivity index is 1.78. The Bertz CT molecular complexity index is 1070. The highest BCUT2D eigenvalue weighted by atomic mass is 32.1. The lowest BCUT2D eigenvalue weighted by molar-refractivity contribution is -0.157. The number of aromatic nitrogens is 1. The molecule has 3 N–H and O–H groups in total. The van der Waals surface area contributed by atoms with E-state index in [0.29, 0.717) is 15.9 Å². The van der Waals surface area contributed by atoms with Crippen LogP contribution in [0.3, 0.4) is 0 Å². The second kappa shape index (κ2) is 8.66. The first-order valence-electron chi connectivity index (χ1n) is 8.67. The predicted octanol–water partition coefficient (Wildman–Crippen LogP) is 4.86. The first-order chi connectivity index (χ1) is 14.2. The Labute approximate surface area is 172 Å². The van der Waals surface area contributed by atoms with Crippen molar-refractivity contribution in [1.29, 1.82) is 0 Å². The number of carbonyl (C=O) groups excluding carboxylic acids is 2. The van der Waals surface area contributed by atoms with E-state index in [0.717, 1.165) is 11.3 Å². The number of thiazole rings is 1. The summed E-state index contributed by atoms with van der Waals surface area (Å²) in [7, 11) is 1.27. The summed E-state index contributed by atoms with van der Waals surface area (Å²) in [5.74, 6) is -3.12. The van der Waals surface area contributed by atoms with Crippen LogP contribution in [0, 0.1) is 5.82 Å². The molecule has 2 aromatic carbocycles. The number of alkyl halides is 3. The van der Waals surface area contributed by atoms with E-state index in [1.807, 2.05) is 0 Å². The van der Waals surface area contributed by atoms with Gasteiger partial charge in [-0.15, -0.1) is 0 Å². The molecule has 6 nitrogen and oxygen atoms in total. The van der Waals surface area contributed by atoms with Gasteiger partial charge in [0.2, 0.25) is 5.91 Å². The molecule has 0 aliphatic heterocycles. The number of hydrogen-bond acceptors (Lipinski definition) is 4. The average Bonchev–Trinajstić information content (AvgIpc) is 3.07. The van der Waals surface area contributed by atoms with Gasteiger partial charge in [-0.3, -0.25) is 10.1 Å². The van der Waals surface area contributed by atoms with Crippen molar-refractivity contribution >= 4 is 44.3 Å². The van der Waals surface area contributed by atoms with Gasteiger partial charge < -0.3 is 10.6 Å². The van der Waals surface area contributed by atoms with Crippen molar-refractivity contribution in [2.45, 2.75) is 18.5 Å². The number of halogens is 4. The highest BCUT2D eigenvalue weighted by molar-refractivity contribution is 7.22. The van der Waals surface area contributed by atoms with Crippen molar-refractivity contribution in [3.63, 3.8) is 0 Å². The van der Waals surface area contributed by atoms with Crippen molar-refractivity contribution in [3.05, 3.63) is 53.8 Å². The van der Waals surface area contributed by atoms with Crippen molar-refractivity contribution in [2.24, 2.45) is 0 Å². The second-order valence-corrected chi connectivity index (χ2v) is 7.33. The highest BCUT2D eigenvalue weighted by Crippen LogP contribution is 2.39. The fraction of sp³-hybridized carbons (Fsp3) is 0.211. The summed E-state index contributed by atoms with van der Waals surface area (Å²) in [6.07, 6.45) is -5.32. The van der Waals surface area contributed by atoms with Crippen LogP contribution in [0.2, 0.25) is 0 Å². The quantitative estimate of drug-likeness (QED) is 0.496. The summed E-state index contributed by atoms with van der Waals surface area (Å²) in [5, 5.41) is 7.36. The van der Waals surface area contributed by atoms with E-state index in [-0.39, 0.29) is 10.7 Å². The zero-order valence-electron chi connectivity index (χ0n) is 15.5. The lowest BCUT2D eigenvalue weighted by Gasteiger charge is -2.20. The lowest BCUT2D eigenvalue weighted by atomic mass is 9.94. The Morgan fingerprint density at radius 2 is 1.80 bits per heavy atom. The van der Waals surface area contributed by atoms with Gasteiger partial charge in [0.15, 0.2) is 5.13 Å². The topological polar surface area (TPSA) is 83.1 Å². The number of nitrogens with zero attached hydrogens (tertiary/aromatic N) is 1. The predicted molar refractivity (Wildman–Crippen MR) is 106 cm³/mol. The fourth-order valence-electron chi connectivity index (χ4n) is 2.71. The molecule has 1 aromatic heterocycles.